The first-order chi connectivity index (χ1) is 10.8. The van der Waals surface area contributed by atoms with Gasteiger partial charge in [0.05, 0.1) is 6.26 Å². The summed E-state index contributed by atoms with van der Waals surface area (Å²) in [6, 6.07) is -0.106. The van der Waals surface area contributed by atoms with Crippen molar-refractivity contribution in [1.29, 1.82) is 0 Å². The number of sulfonamides is 1. The van der Waals surface area contributed by atoms with Crippen LogP contribution >= 0.6 is 0 Å². The van der Waals surface area contributed by atoms with E-state index in [2.05, 4.69) is 4.72 Å². The molecule has 5 fully saturated rings. The second-order valence-corrected chi connectivity index (χ2v) is 10.6. The predicted molar refractivity (Wildman–Crippen MR) is 88.2 cm³/mol. The number of carbonyl (C=O) groups is 1. The van der Waals surface area contributed by atoms with Gasteiger partial charge in [0, 0.05) is 25.6 Å². The van der Waals surface area contributed by atoms with Crippen LogP contribution in [0.4, 0.5) is 0 Å². The van der Waals surface area contributed by atoms with Crippen LogP contribution in [0.1, 0.15) is 51.4 Å². The fourth-order valence-electron chi connectivity index (χ4n) is 6.32. The van der Waals surface area contributed by atoms with E-state index in [1.54, 1.807) is 0 Å². The first kappa shape index (κ1) is 15.9. The molecule has 0 radical (unpaired) electrons. The zero-order valence-corrected chi connectivity index (χ0v) is 14.8. The van der Waals surface area contributed by atoms with Crippen LogP contribution in [0, 0.1) is 23.2 Å². The monoisotopic (exact) mass is 340 g/mol. The molecule has 4 aliphatic carbocycles. The third-order valence-electron chi connectivity index (χ3n) is 6.61. The molecule has 0 aromatic carbocycles. The first-order valence-electron chi connectivity index (χ1n) is 9.05. The third kappa shape index (κ3) is 3.29. The van der Waals surface area contributed by atoms with Crippen LogP contribution < -0.4 is 4.72 Å². The van der Waals surface area contributed by atoms with Gasteiger partial charge in [-0.25, -0.2) is 13.1 Å². The highest BCUT2D eigenvalue weighted by molar-refractivity contribution is 7.88. The van der Waals surface area contributed by atoms with Gasteiger partial charge in [0.1, 0.15) is 0 Å². The number of hydrogen-bond acceptors (Lipinski definition) is 3. The molecule has 1 aliphatic heterocycles. The maximum Gasteiger partial charge on any atom is 0.223 e. The smallest absolute Gasteiger partial charge is 0.223 e. The van der Waals surface area contributed by atoms with Crippen LogP contribution in [0.25, 0.3) is 0 Å². The maximum absolute atomic E-state index is 12.8. The normalized spacial score (nSPS) is 42.4. The molecule has 4 bridgehead atoms. The van der Waals surface area contributed by atoms with E-state index in [0.29, 0.717) is 19.5 Å². The molecule has 1 N–H and O–H groups in total. The molecule has 1 atom stereocenters. The van der Waals surface area contributed by atoms with Gasteiger partial charge in [-0.1, -0.05) is 0 Å². The molecular formula is C17H28N2O3S. The van der Waals surface area contributed by atoms with Crippen LogP contribution in [0.3, 0.4) is 0 Å². The van der Waals surface area contributed by atoms with Crippen LogP contribution in [0.15, 0.2) is 0 Å². The standard InChI is InChI=1S/C17H28N2O3S/c1-23(21,22)18-15-2-3-19(11-15)16(20)10-17-7-12-4-13(8-17)6-14(5-12)9-17/h12-15,18H,2-11H2,1H3/t12?,13?,14?,15-,17?/m1/s1. The van der Waals surface area contributed by atoms with Gasteiger partial charge in [0.25, 0.3) is 0 Å². The van der Waals surface area contributed by atoms with Gasteiger partial charge >= 0.3 is 0 Å². The molecule has 5 rings (SSSR count). The van der Waals surface area contributed by atoms with Crippen LogP contribution in [0.2, 0.25) is 0 Å². The van der Waals surface area contributed by atoms with Crippen molar-refractivity contribution in [2.75, 3.05) is 19.3 Å². The van der Waals surface area contributed by atoms with E-state index in [0.717, 1.165) is 24.2 Å². The Morgan fingerprint density at radius 1 is 1.13 bits per heavy atom. The molecule has 0 spiro atoms. The second-order valence-electron chi connectivity index (χ2n) is 8.81. The van der Waals surface area contributed by atoms with Crippen molar-refractivity contribution in [3.8, 4) is 0 Å². The van der Waals surface area contributed by atoms with Crippen molar-refractivity contribution in [2.45, 2.75) is 57.4 Å². The first-order valence-corrected chi connectivity index (χ1v) is 10.9. The molecule has 1 saturated heterocycles. The quantitative estimate of drug-likeness (QED) is 0.848. The van der Waals surface area contributed by atoms with Crippen molar-refractivity contribution in [2.24, 2.45) is 23.2 Å². The molecule has 23 heavy (non-hydrogen) atoms. The van der Waals surface area contributed by atoms with Crippen molar-refractivity contribution < 1.29 is 13.2 Å². The van der Waals surface area contributed by atoms with Gasteiger partial charge in [0.15, 0.2) is 0 Å². The van der Waals surface area contributed by atoms with E-state index < -0.39 is 10.0 Å². The number of nitrogens with one attached hydrogen (secondary N) is 1. The predicted octanol–water partition coefficient (Wildman–Crippen LogP) is 1.74. The summed E-state index contributed by atoms with van der Waals surface area (Å²) in [5.74, 6) is 2.86. The van der Waals surface area contributed by atoms with Gasteiger partial charge in [0.2, 0.25) is 15.9 Å². The molecule has 0 aromatic rings. The second kappa shape index (κ2) is 5.45. The summed E-state index contributed by atoms with van der Waals surface area (Å²) in [4.78, 5) is 14.7. The zero-order chi connectivity index (χ0) is 16.2. The highest BCUT2D eigenvalue weighted by atomic mass is 32.2. The zero-order valence-electron chi connectivity index (χ0n) is 14.0. The summed E-state index contributed by atoms with van der Waals surface area (Å²) in [5.41, 5.74) is 0.272. The highest BCUT2D eigenvalue weighted by Crippen LogP contribution is 2.61. The molecule has 130 valence electrons. The Kier molecular flexibility index (Phi) is 3.76. The van der Waals surface area contributed by atoms with E-state index in [1.807, 2.05) is 4.90 Å². The van der Waals surface area contributed by atoms with Gasteiger partial charge in [-0.3, -0.25) is 4.79 Å². The summed E-state index contributed by atoms with van der Waals surface area (Å²) in [6.45, 7) is 1.23. The van der Waals surface area contributed by atoms with Crippen LogP contribution in [-0.4, -0.2) is 44.6 Å². The van der Waals surface area contributed by atoms with Crippen molar-refractivity contribution in [3.63, 3.8) is 0 Å². The molecule has 6 heteroatoms. The number of rotatable bonds is 4. The summed E-state index contributed by atoms with van der Waals surface area (Å²) < 4.78 is 25.3. The van der Waals surface area contributed by atoms with E-state index in [4.69, 9.17) is 0 Å². The topological polar surface area (TPSA) is 66.5 Å². The molecule has 5 nitrogen and oxygen atoms in total. The fraction of sp³-hybridized carbons (Fsp3) is 0.941. The van der Waals surface area contributed by atoms with Gasteiger partial charge in [-0.2, -0.15) is 0 Å². The molecule has 0 unspecified atom stereocenters. The Balaban J connectivity index is 1.37. The van der Waals surface area contributed by atoms with Gasteiger partial charge in [-0.05, 0) is 68.1 Å². The molecule has 1 amide bonds. The summed E-state index contributed by atoms with van der Waals surface area (Å²) in [5, 5.41) is 0. The molecular weight excluding hydrogens is 312 g/mol. The Labute approximate surface area is 139 Å². The minimum Gasteiger partial charge on any atom is -0.341 e. The molecule has 4 saturated carbocycles. The largest absolute Gasteiger partial charge is 0.341 e. The van der Waals surface area contributed by atoms with E-state index in [1.165, 1.54) is 44.8 Å². The van der Waals surface area contributed by atoms with Crippen LogP contribution in [0.5, 0.6) is 0 Å². The Hall–Kier alpha value is -0.620. The number of carbonyl (C=O) groups excluding carboxylic acids is 1. The summed E-state index contributed by atoms with van der Waals surface area (Å²) in [6.07, 6.45) is 10.6. The lowest BCUT2D eigenvalue weighted by atomic mass is 9.49. The molecule has 5 aliphatic rings. The summed E-state index contributed by atoms with van der Waals surface area (Å²) >= 11 is 0. The van der Waals surface area contributed by atoms with Gasteiger partial charge in [-0.15, -0.1) is 0 Å². The third-order valence-corrected chi connectivity index (χ3v) is 7.37. The number of amides is 1. The molecule has 1 heterocycles. The number of hydrogen-bond donors (Lipinski definition) is 1. The SMILES string of the molecule is CS(=O)(=O)N[C@@H]1CCN(C(=O)CC23CC4CC(CC(C4)C2)C3)C1. The Morgan fingerprint density at radius 3 is 2.22 bits per heavy atom. The summed E-state index contributed by atoms with van der Waals surface area (Å²) in [7, 11) is -3.19. The van der Waals surface area contributed by atoms with Crippen LogP contribution in [-0.2, 0) is 14.8 Å². The highest BCUT2D eigenvalue weighted by Gasteiger charge is 2.51. The minimum absolute atomic E-state index is 0.106. The Bertz CT molecular complexity index is 566. The fourth-order valence-corrected chi connectivity index (χ4v) is 7.12. The van der Waals surface area contributed by atoms with Crippen molar-refractivity contribution in [1.82, 2.24) is 9.62 Å². The Morgan fingerprint density at radius 2 is 1.70 bits per heavy atom. The lowest BCUT2D eigenvalue weighted by Crippen LogP contribution is -2.48. The van der Waals surface area contributed by atoms with E-state index in [9.17, 15) is 13.2 Å². The number of likely N-dealkylation sites (tertiary alicyclic amines) is 1. The van der Waals surface area contributed by atoms with Gasteiger partial charge < -0.3 is 4.90 Å². The van der Waals surface area contributed by atoms with E-state index >= 15 is 0 Å². The average molecular weight is 340 g/mol. The average Bonchev–Trinajstić information content (AvgIpc) is 2.82. The van der Waals surface area contributed by atoms with Crippen molar-refractivity contribution in [3.05, 3.63) is 0 Å². The van der Waals surface area contributed by atoms with E-state index in [-0.39, 0.29) is 17.4 Å². The maximum atomic E-state index is 12.8. The minimum atomic E-state index is -3.19. The number of nitrogens with zero attached hydrogens (tertiary/aromatic N) is 1. The van der Waals surface area contributed by atoms with Crippen molar-refractivity contribution >= 4 is 15.9 Å². The lowest BCUT2D eigenvalue weighted by molar-refractivity contribution is -0.138. The lowest BCUT2D eigenvalue weighted by Gasteiger charge is -2.56. The molecule has 0 aromatic heterocycles.